The van der Waals surface area contributed by atoms with Gasteiger partial charge in [-0.05, 0) is 38.0 Å². The van der Waals surface area contributed by atoms with E-state index in [1.165, 1.54) is 0 Å². The lowest BCUT2D eigenvalue weighted by Crippen LogP contribution is -2.48. The number of hydrogen-bond donors (Lipinski definition) is 1. The summed E-state index contributed by atoms with van der Waals surface area (Å²) in [5, 5.41) is 3.12. The fraction of sp³-hybridized carbons (Fsp3) is 0.533. The van der Waals surface area contributed by atoms with Crippen LogP contribution in [-0.2, 0) is 19.6 Å². The third-order valence-corrected chi connectivity index (χ3v) is 4.78. The Morgan fingerprint density at radius 2 is 2.09 bits per heavy atom. The number of benzene rings is 1. The molecule has 1 aromatic carbocycles. The summed E-state index contributed by atoms with van der Waals surface area (Å²) in [7, 11) is -2.07. The van der Waals surface area contributed by atoms with Gasteiger partial charge in [0.15, 0.2) is 0 Å². The summed E-state index contributed by atoms with van der Waals surface area (Å²) in [4.78, 5) is 12.3. The monoisotopic (exact) mass is 362 g/mol. The predicted molar refractivity (Wildman–Crippen MR) is 92.5 cm³/mol. The molecule has 23 heavy (non-hydrogen) atoms. The average Bonchev–Trinajstić information content (AvgIpc) is 2.45. The van der Waals surface area contributed by atoms with Crippen molar-refractivity contribution in [2.75, 3.05) is 30.8 Å². The topological polar surface area (TPSA) is 75.7 Å². The molecule has 1 atom stereocenters. The molecule has 0 aliphatic rings. The Hall–Kier alpha value is -1.31. The molecule has 6 nitrogen and oxygen atoms in total. The highest BCUT2D eigenvalue weighted by atomic mass is 35.5. The Bertz CT molecular complexity index is 649. The van der Waals surface area contributed by atoms with Gasteiger partial charge >= 0.3 is 0 Å². The molecule has 0 aliphatic heterocycles. The molecule has 0 aliphatic carbocycles. The molecule has 1 N–H and O–H groups in total. The van der Waals surface area contributed by atoms with E-state index in [0.29, 0.717) is 30.3 Å². The first-order chi connectivity index (χ1) is 10.7. The molecule has 0 fully saturated rings. The number of nitrogens with zero attached hydrogens (tertiary/aromatic N) is 1. The number of aryl methyl sites for hydroxylation is 1. The zero-order chi connectivity index (χ0) is 17.6. The molecule has 1 aromatic rings. The maximum absolute atomic E-state index is 12.3. The zero-order valence-corrected chi connectivity index (χ0v) is 15.4. The first kappa shape index (κ1) is 19.7. The number of nitrogens with one attached hydrogen (secondary N) is 1. The van der Waals surface area contributed by atoms with Crippen molar-refractivity contribution in [3.05, 3.63) is 28.8 Å². The van der Waals surface area contributed by atoms with Gasteiger partial charge < -0.3 is 10.1 Å². The molecule has 0 bridgehead atoms. The summed E-state index contributed by atoms with van der Waals surface area (Å²) in [5.74, 6) is -0.370. The summed E-state index contributed by atoms with van der Waals surface area (Å²) in [6.45, 7) is 4.26. The van der Waals surface area contributed by atoms with E-state index < -0.39 is 16.1 Å². The minimum absolute atomic E-state index is 0.370. The third-order valence-electron chi connectivity index (χ3n) is 3.32. The molecule has 0 heterocycles. The standard InChI is InChI=1S/C15H23ClN2O4S/c1-11-6-7-13(16)10-14(11)18(23(4,20)21)12(2)15(19)17-8-5-9-22-3/h6-7,10,12H,5,8-9H2,1-4H3,(H,17,19). The normalized spacial score (nSPS) is 12.7. The van der Waals surface area contributed by atoms with Crippen molar-refractivity contribution in [2.45, 2.75) is 26.3 Å². The fourth-order valence-electron chi connectivity index (χ4n) is 2.18. The Labute approximate surface area is 142 Å². The molecular formula is C15H23ClN2O4S. The van der Waals surface area contributed by atoms with E-state index in [0.717, 1.165) is 16.1 Å². The number of halogens is 1. The number of amides is 1. The number of methoxy groups -OCH3 is 1. The summed E-state index contributed by atoms with van der Waals surface area (Å²) in [6.07, 6.45) is 1.73. The van der Waals surface area contributed by atoms with Crippen molar-refractivity contribution >= 4 is 33.2 Å². The van der Waals surface area contributed by atoms with Gasteiger partial charge in [-0.25, -0.2) is 8.42 Å². The maximum atomic E-state index is 12.3. The van der Waals surface area contributed by atoms with Gasteiger partial charge in [-0.15, -0.1) is 0 Å². The van der Waals surface area contributed by atoms with Crippen molar-refractivity contribution in [1.82, 2.24) is 5.32 Å². The molecule has 0 radical (unpaired) electrons. The summed E-state index contributed by atoms with van der Waals surface area (Å²) >= 11 is 5.98. The lowest BCUT2D eigenvalue weighted by Gasteiger charge is -2.29. The first-order valence-electron chi connectivity index (χ1n) is 7.20. The molecule has 0 saturated carbocycles. The average molecular weight is 363 g/mol. The second-order valence-electron chi connectivity index (χ2n) is 5.30. The molecule has 1 rings (SSSR count). The number of carbonyl (C=O) groups excluding carboxylic acids is 1. The van der Waals surface area contributed by atoms with Crippen molar-refractivity contribution in [2.24, 2.45) is 0 Å². The predicted octanol–water partition coefficient (Wildman–Crippen LogP) is 1.96. The zero-order valence-electron chi connectivity index (χ0n) is 13.8. The highest BCUT2D eigenvalue weighted by Crippen LogP contribution is 2.28. The van der Waals surface area contributed by atoms with Gasteiger partial charge in [-0.1, -0.05) is 17.7 Å². The lowest BCUT2D eigenvalue weighted by atomic mass is 10.2. The van der Waals surface area contributed by atoms with Crippen LogP contribution in [0.2, 0.25) is 5.02 Å². The van der Waals surface area contributed by atoms with Crippen LogP contribution in [0.25, 0.3) is 0 Å². The highest BCUT2D eigenvalue weighted by Gasteiger charge is 2.30. The van der Waals surface area contributed by atoms with Gasteiger partial charge in [-0.2, -0.15) is 0 Å². The quantitative estimate of drug-likeness (QED) is 0.717. The van der Waals surface area contributed by atoms with Crippen molar-refractivity contribution in [3.63, 3.8) is 0 Å². The smallest absolute Gasteiger partial charge is 0.243 e. The number of hydrogen-bond acceptors (Lipinski definition) is 4. The van der Waals surface area contributed by atoms with E-state index in [2.05, 4.69) is 5.32 Å². The Kier molecular flexibility index (Phi) is 7.31. The van der Waals surface area contributed by atoms with E-state index in [9.17, 15) is 13.2 Å². The number of anilines is 1. The van der Waals surface area contributed by atoms with Crippen LogP contribution in [0.3, 0.4) is 0 Å². The van der Waals surface area contributed by atoms with Crippen molar-refractivity contribution in [3.8, 4) is 0 Å². The van der Waals surface area contributed by atoms with Crippen LogP contribution >= 0.6 is 11.6 Å². The molecule has 1 unspecified atom stereocenters. The van der Waals surface area contributed by atoms with Crippen LogP contribution in [0.1, 0.15) is 18.9 Å². The largest absolute Gasteiger partial charge is 0.385 e. The minimum Gasteiger partial charge on any atom is -0.385 e. The Balaban J connectivity index is 3.03. The van der Waals surface area contributed by atoms with Crippen LogP contribution in [0, 0.1) is 6.92 Å². The number of ether oxygens (including phenoxy) is 1. The molecule has 0 spiro atoms. The van der Waals surface area contributed by atoms with E-state index in [4.69, 9.17) is 16.3 Å². The maximum Gasteiger partial charge on any atom is 0.243 e. The number of carbonyl (C=O) groups is 1. The first-order valence-corrected chi connectivity index (χ1v) is 9.43. The fourth-order valence-corrected chi connectivity index (χ4v) is 3.57. The van der Waals surface area contributed by atoms with Crippen LogP contribution in [-0.4, -0.2) is 46.9 Å². The molecular weight excluding hydrogens is 340 g/mol. The van der Waals surface area contributed by atoms with Crippen LogP contribution < -0.4 is 9.62 Å². The van der Waals surface area contributed by atoms with E-state index in [1.54, 1.807) is 39.2 Å². The highest BCUT2D eigenvalue weighted by molar-refractivity contribution is 7.92. The number of rotatable bonds is 8. The summed E-state index contributed by atoms with van der Waals surface area (Å²) in [6, 6.07) is 4.06. The lowest BCUT2D eigenvalue weighted by molar-refractivity contribution is -0.121. The SMILES string of the molecule is COCCCNC(=O)C(C)N(c1cc(Cl)ccc1C)S(C)(=O)=O. The second kappa shape index (κ2) is 8.52. The van der Waals surface area contributed by atoms with Crippen molar-refractivity contribution in [1.29, 1.82) is 0 Å². The van der Waals surface area contributed by atoms with Gasteiger partial charge in [0.1, 0.15) is 6.04 Å². The minimum atomic E-state index is -3.65. The van der Waals surface area contributed by atoms with Gasteiger partial charge in [0.05, 0.1) is 11.9 Å². The molecule has 8 heteroatoms. The second-order valence-corrected chi connectivity index (χ2v) is 7.60. The molecule has 0 saturated heterocycles. The van der Waals surface area contributed by atoms with Gasteiger partial charge in [0.2, 0.25) is 15.9 Å². The van der Waals surface area contributed by atoms with Gasteiger partial charge in [0.25, 0.3) is 0 Å². The summed E-state index contributed by atoms with van der Waals surface area (Å²) in [5.41, 5.74) is 1.12. The third kappa shape index (κ3) is 5.67. The summed E-state index contributed by atoms with van der Waals surface area (Å²) < 4.78 is 30.4. The molecule has 1 amide bonds. The van der Waals surface area contributed by atoms with Crippen LogP contribution in [0.4, 0.5) is 5.69 Å². The number of sulfonamides is 1. The van der Waals surface area contributed by atoms with E-state index >= 15 is 0 Å². The van der Waals surface area contributed by atoms with Gasteiger partial charge in [-0.3, -0.25) is 9.10 Å². The Morgan fingerprint density at radius 3 is 2.65 bits per heavy atom. The van der Waals surface area contributed by atoms with Crippen LogP contribution in [0.15, 0.2) is 18.2 Å². The van der Waals surface area contributed by atoms with Crippen molar-refractivity contribution < 1.29 is 17.9 Å². The van der Waals surface area contributed by atoms with Crippen LogP contribution in [0.5, 0.6) is 0 Å². The molecule has 130 valence electrons. The van der Waals surface area contributed by atoms with Gasteiger partial charge in [0, 0.05) is 25.3 Å². The Morgan fingerprint density at radius 1 is 1.43 bits per heavy atom. The van der Waals surface area contributed by atoms with E-state index in [-0.39, 0.29) is 5.91 Å². The molecule has 0 aromatic heterocycles. The van der Waals surface area contributed by atoms with E-state index in [1.807, 2.05) is 0 Å².